The monoisotopic (exact) mass is 1020 g/mol. The second-order valence-corrected chi connectivity index (χ2v) is 23.2. The molecule has 2 atom stereocenters. The van der Waals surface area contributed by atoms with E-state index < -0.39 is 26.5 Å². The number of phosphoric acid groups is 1. The van der Waals surface area contributed by atoms with Crippen molar-refractivity contribution in [1.82, 2.24) is 0 Å². The zero-order valence-corrected chi connectivity index (χ0v) is 48.4. The standard InChI is InChI=1S/C61H116NO8P/c1-6-8-10-12-14-16-18-19-20-21-22-23-24-25-26-27-28-29-30-31-32-33-34-35-36-37-38-39-40-41-42-43-44-46-48-50-52-54-61(64)70-59(58-69-71(65,66)68-56-55-62(3,4)5)57-67-60(63)53-51-49-47-45-17-15-13-11-9-7-2/h11,13,18-19,21-22,59H,6-10,12,14-17,20,23-58H2,1-5H3/p+1/b13-11-,19-18-,22-21-. The Bertz CT molecular complexity index is 1300. The molecule has 0 amide bonds. The lowest BCUT2D eigenvalue weighted by Crippen LogP contribution is -2.37. The Morgan fingerprint density at radius 2 is 0.789 bits per heavy atom. The van der Waals surface area contributed by atoms with Gasteiger partial charge in [0, 0.05) is 12.8 Å². The Balaban J connectivity index is 3.85. The maximum atomic E-state index is 12.8. The van der Waals surface area contributed by atoms with Crippen molar-refractivity contribution in [3.05, 3.63) is 36.5 Å². The van der Waals surface area contributed by atoms with Crippen molar-refractivity contribution in [3.63, 3.8) is 0 Å². The molecule has 0 bridgehead atoms. The van der Waals surface area contributed by atoms with Gasteiger partial charge in [-0.05, 0) is 64.2 Å². The van der Waals surface area contributed by atoms with Gasteiger partial charge in [0.25, 0.3) is 0 Å². The van der Waals surface area contributed by atoms with E-state index in [0.29, 0.717) is 17.4 Å². The van der Waals surface area contributed by atoms with E-state index in [1.54, 1.807) is 0 Å². The lowest BCUT2D eigenvalue weighted by Gasteiger charge is -2.24. The lowest BCUT2D eigenvalue weighted by atomic mass is 10.0. The van der Waals surface area contributed by atoms with Gasteiger partial charge in [-0.1, -0.05) is 249 Å². The van der Waals surface area contributed by atoms with Gasteiger partial charge in [-0.3, -0.25) is 18.6 Å². The summed E-state index contributed by atoms with van der Waals surface area (Å²) in [4.78, 5) is 35.5. The van der Waals surface area contributed by atoms with Gasteiger partial charge in [0.15, 0.2) is 6.10 Å². The third-order valence-corrected chi connectivity index (χ3v) is 14.4. The number of allylic oxidation sites excluding steroid dienone is 6. The number of carbonyl (C=O) groups excluding carboxylic acids is 2. The van der Waals surface area contributed by atoms with Crippen LogP contribution in [0.3, 0.4) is 0 Å². The number of esters is 2. The summed E-state index contributed by atoms with van der Waals surface area (Å²) in [6.45, 7) is 4.37. The third-order valence-electron chi connectivity index (χ3n) is 13.4. The summed E-state index contributed by atoms with van der Waals surface area (Å²) in [7, 11) is 1.48. The summed E-state index contributed by atoms with van der Waals surface area (Å²) in [5.41, 5.74) is 0. The number of phosphoric ester groups is 1. The van der Waals surface area contributed by atoms with Crippen molar-refractivity contribution in [2.24, 2.45) is 0 Å². The second kappa shape index (κ2) is 53.1. The zero-order valence-electron chi connectivity index (χ0n) is 47.5. The largest absolute Gasteiger partial charge is 0.472 e. The number of likely N-dealkylation sites (N-methyl/N-ethyl adjacent to an activating group) is 1. The van der Waals surface area contributed by atoms with E-state index in [9.17, 15) is 19.0 Å². The molecule has 0 aromatic heterocycles. The van der Waals surface area contributed by atoms with E-state index >= 15 is 0 Å². The average Bonchev–Trinajstić information content (AvgIpc) is 3.33. The molecule has 0 aromatic carbocycles. The van der Waals surface area contributed by atoms with Crippen molar-refractivity contribution in [2.75, 3.05) is 47.5 Å². The van der Waals surface area contributed by atoms with E-state index in [2.05, 4.69) is 50.3 Å². The highest BCUT2D eigenvalue weighted by Crippen LogP contribution is 2.43. The number of hydrogen-bond donors (Lipinski definition) is 1. The van der Waals surface area contributed by atoms with Crippen LogP contribution >= 0.6 is 7.82 Å². The quantitative estimate of drug-likeness (QED) is 0.0211. The maximum Gasteiger partial charge on any atom is 0.472 e. The van der Waals surface area contributed by atoms with Crippen LogP contribution in [0.5, 0.6) is 0 Å². The minimum absolute atomic E-state index is 0.0324. The lowest BCUT2D eigenvalue weighted by molar-refractivity contribution is -0.870. The number of hydrogen-bond acceptors (Lipinski definition) is 7. The topological polar surface area (TPSA) is 108 Å². The molecule has 0 saturated heterocycles. The molecule has 0 heterocycles. The average molecular weight is 1020 g/mol. The molecule has 0 rings (SSSR count). The van der Waals surface area contributed by atoms with Crippen molar-refractivity contribution >= 4 is 19.8 Å². The molecule has 0 fully saturated rings. The molecule has 9 nitrogen and oxygen atoms in total. The van der Waals surface area contributed by atoms with Crippen LogP contribution in [-0.4, -0.2) is 74.9 Å². The van der Waals surface area contributed by atoms with Crippen LogP contribution in [0.2, 0.25) is 0 Å². The van der Waals surface area contributed by atoms with Gasteiger partial charge in [-0.25, -0.2) is 4.57 Å². The first-order valence-electron chi connectivity index (χ1n) is 30.2. The van der Waals surface area contributed by atoms with Crippen molar-refractivity contribution < 1.29 is 42.1 Å². The summed E-state index contributed by atoms with van der Waals surface area (Å²) in [5.74, 6) is -0.799. The van der Waals surface area contributed by atoms with Gasteiger partial charge >= 0.3 is 19.8 Å². The second-order valence-electron chi connectivity index (χ2n) is 21.7. The van der Waals surface area contributed by atoms with Crippen LogP contribution in [0, 0.1) is 0 Å². The highest BCUT2D eigenvalue weighted by atomic mass is 31.2. The van der Waals surface area contributed by atoms with Crippen LogP contribution in [0.1, 0.15) is 290 Å². The van der Waals surface area contributed by atoms with Crippen LogP contribution in [-0.2, 0) is 32.7 Å². The predicted octanol–water partition coefficient (Wildman–Crippen LogP) is 18.8. The molecule has 1 N–H and O–H groups in total. The fourth-order valence-corrected chi connectivity index (χ4v) is 9.44. The number of carbonyl (C=O) groups is 2. The highest BCUT2D eigenvalue weighted by Gasteiger charge is 2.27. The fraction of sp³-hybridized carbons (Fsp3) is 0.869. The Kier molecular flexibility index (Phi) is 51.7. The van der Waals surface area contributed by atoms with Crippen LogP contribution in [0.25, 0.3) is 0 Å². The Morgan fingerprint density at radius 3 is 1.18 bits per heavy atom. The van der Waals surface area contributed by atoms with E-state index in [1.165, 1.54) is 193 Å². The van der Waals surface area contributed by atoms with Crippen molar-refractivity contribution in [2.45, 2.75) is 296 Å². The first-order valence-corrected chi connectivity index (χ1v) is 31.7. The van der Waals surface area contributed by atoms with Gasteiger partial charge in [0.2, 0.25) is 0 Å². The maximum absolute atomic E-state index is 12.8. The molecule has 0 aliphatic rings. The van der Waals surface area contributed by atoms with Gasteiger partial charge in [-0.2, -0.15) is 0 Å². The molecule has 71 heavy (non-hydrogen) atoms. The zero-order chi connectivity index (χ0) is 52.0. The summed E-state index contributed by atoms with van der Waals surface area (Å²) in [6.07, 6.45) is 65.5. The number of ether oxygens (including phenoxy) is 2. The summed E-state index contributed by atoms with van der Waals surface area (Å²) in [5, 5.41) is 0. The molecule has 0 aliphatic carbocycles. The van der Waals surface area contributed by atoms with Gasteiger partial charge in [-0.15, -0.1) is 0 Å². The molecule has 10 heteroatoms. The molecule has 2 unspecified atom stereocenters. The molecule has 0 aromatic rings. The smallest absolute Gasteiger partial charge is 0.462 e. The van der Waals surface area contributed by atoms with Crippen molar-refractivity contribution in [3.8, 4) is 0 Å². The Hall–Kier alpha value is -1.77. The molecule has 0 radical (unpaired) electrons. The summed E-state index contributed by atoms with van der Waals surface area (Å²) in [6, 6.07) is 0. The SMILES string of the molecule is CCC/C=C\CCCCCCCC(=O)OCC(COP(=O)(O)OCC[N+](C)(C)C)OC(=O)CCCCCCCCCCCCCCCCCCCCCCCCCCC/C=C\C/C=C\CCCCCCC. The molecule has 0 aliphatic heterocycles. The van der Waals surface area contributed by atoms with E-state index in [-0.39, 0.29) is 32.0 Å². The number of unbranched alkanes of at least 4 members (excludes halogenated alkanes) is 36. The van der Waals surface area contributed by atoms with E-state index in [0.717, 1.165) is 64.2 Å². The highest BCUT2D eigenvalue weighted by molar-refractivity contribution is 7.47. The van der Waals surface area contributed by atoms with E-state index in [1.807, 2.05) is 21.1 Å². The van der Waals surface area contributed by atoms with Gasteiger partial charge in [0.05, 0.1) is 27.7 Å². The Morgan fingerprint density at radius 1 is 0.437 bits per heavy atom. The molecule has 0 spiro atoms. The minimum Gasteiger partial charge on any atom is -0.462 e. The van der Waals surface area contributed by atoms with Gasteiger partial charge < -0.3 is 18.9 Å². The first kappa shape index (κ1) is 69.2. The number of nitrogens with zero attached hydrogens (tertiary/aromatic N) is 1. The molecule has 418 valence electrons. The number of rotatable bonds is 56. The summed E-state index contributed by atoms with van der Waals surface area (Å²) >= 11 is 0. The molecular weight excluding hydrogens is 906 g/mol. The normalized spacial score (nSPS) is 13.5. The molecular formula is C61H117NO8P+. The van der Waals surface area contributed by atoms with Crippen LogP contribution in [0.4, 0.5) is 0 Å². The summed E-state index contributed by atoms with van der Waals surface area (Å²) < 4.78 is 34.4. The predicted molar refractivity (Wildman–Crippen MR) is 303 cm³/mol. The third kappa shape index (κ3) is 57.4. The van der Waals surface area contributed by atoms with Gasteiger partial charge in [0.1, 0.15) is 19.8 Å². The fourth-order valence-electron chi connectivity index (χ4n) is 8.70. The molecule has 0 saturated carbocycles. The number of quaternary nitrogens is 1. The van der Waals surface area contributed by atoms with Crippen molar-refractivity contribution in [1.29, 1.82) is 0 Å². The van der Waals surface area contributed by atoms with Crippen LogP contribution < -0.4 is 0 Å². The van der Waals surface area contributed by atoms with Crippen LogP contribution in [0.15, 0.2) is 36.5 Å². The first-order chi connectivity index (χ1) is 34.5. The Labute approximate surface area is 440 Å². The minimum atomic E-state index is -4.38. The van der Waals surface area contributed by atoms with E-state index in [4.69, 9.17) is 18.5 Å².